The molecule has 0 aliphatic rings. The molecule has 0 aliphatic heterocycles. The Balaban J connectivity index is 0. The number of allylic oxidation sites excluding steroid dienone is 1. The summed E-state index contributed by atoms with van der Waals surface area (Å²) in [6.45, 7) is 7.89. The third-order valence-electron chi connectivity index (χ3n) is 2.76. The molecule has 6 heteroatoms. The fourth-order valence-corrected chi connectivity index (χ4v) is 1.73. The van der Waals surface area contributed by atoms with Gasteiger partial charge in [0.05, 0.1) is 20.6 Å². The predicted octanol–water partition coefficient (Wildman–Crippen LogP) is -4.38. The number of nitrogens with zero attached hydrogens (tertiary/aromatic N) is 4. The lowest BCUT2D eigenvalue weighted by atomic mass is 10.3. The molecule has 2 rings (SSSR count). The molecule has 0 amide bonds. The van der Waals surface area contributed by atoms with Gasteiger partial charge in [-0.3, -0.25) is 0 Å². The van der Waals surface area contributed by atoms with Gasteiger partial charge in [0.25, 0.3) is 0 Å². The summed E-state index contributed by atoms with van der Waals surface area (Å²) in [5.41, 5.74) is 0. The molecule has 0 aromatic carbocycles. The Morgan fingerprint density at radius 1 is 1.05 bits per heavy atom. The Kier molecular flexibility index (Phi) is 13.4. The van der Waals surface area contributed by atoms with Crippen LogP contribution in [-0.4, -0.2) is 9.13 Å². The monoisotopic (exact) mass is 376 g/mol. The van der Waals surface area contributed by atoms with Gasteiger partial charge in [-0.05, 0) is 6.42 Å². The van der Waals surface area contributed by atoms with Crippen LogP contribution in [0.25, 0.3) is 0 Å². The van der Waals surface area contributed by atoms with Crippen LogP contribution in [0.5, 0.6) is 0 Å². The van der Waals surface area contributed by atoms with Crippen LogP contribution in [0.15, 0.2) is 50.1 Å². The molecule has 0 radical (unpaired) electrons. The first-order valence-electron chi connectivity index (χ1n) is 6.78. The van der Waals surface area contributed by atoms with E-state index >= 15 is 0 Å². The molecule has 0 unspecified atom stereocenters. The highest BCUT2D eigenvalue weighted by atomic mass is 79.9. The fourth-order valence-electron chi connectivity index (χ4n) is 1.73. The maximum Gasteiger partial charge on any atom is 0.243 e. The molecule has 2 aromatic heterocycles. The molecule has 0 saturated carbocycles. The number of unbranched alkanes of at least 4 members (excludes halogenated alkanes) is 1. The first-order valence-corrected chi connectivity index (χ1v) is 6.78. The summed E-state index contributed by atoms with van der Waals surface area (Å²) in [6.07, 6.45) is 16.7. The number of aryl methyl sites for hydroxylation is 3. The van der Waals surface area contributed by atoms with Crippen molar-refractivity contribution in [3.8, 4) is 0 Å². The van der Waals surface area contributed by atoms with Gasteiger partial charge in [-0.15, -0.1) is 0 Å². The number of aromatic nitrogens is 4. The Morgan fingerprint density at radius 3 is 1.95 bits per heavy atom. The Bertz CT molecular complexity index is 493. The summed E-state index contributed by atoms with van der Waals surface area (Å²) < 4.78 is 8.34. The van der Waals surface area contributed by atoms with Crippen molar-refractivity contribution in [2.24, 2.45) is 14.1 Å². The second-order valence-electron chi connectivity index (χ2n) is 4.74. The number of rotatable bonds is 5. The normalized spacial score (nSPS) is 8.90. The summed E-state index contributed by atoms with van der Waals surface area (Å²) in [4.78, 5) is 0. The van der Waals surface area contributed by atoms with Gasteiger partial charge in [0, 0.05) is 0 Å². The number of imidazole rings is 2. The highest BCUT2D eigenvalue weighted by Crippen LogP contribution is 1.91. The zero-order chi connectivity index (χ0) is 14.1. The van der Waals surface area contributed by atoms with Crippen LogP contribution in [0.3, 0.4) is 0 Å². The SMILES string of the molecule is C=CCn1cc[n+](C)c1.CCCCn1cc[n+](C)c1.[Br-].[Cl-]. The van der Waals surface area contributed by atoms with E-state index in [0.29, 0.717) is 0 Å². The molecule has 4 nitrogen and oxygen atoms in total. The van der Waals surface area contributed by atoms with Crippen molar-refractivity contribution in [2.75, 3.05) is 0 Å². The van der Waals surface area contributed by atoms with Crippen molar-refractivity contribution in [3.63, 3.8) is 0 Å². The second kappa shape index (κ2) is 12.7. The minimum absolute atomic E-state index is 0. The van der Waals surface area contributed by atoms with Gasteiger partial charge < -0.3 is 29.4 Å². The zero-order valence-corrected chi connectivity index (χ0v) is 15.5. The quantitative estimate of drug-likeness (QED) is 0.370. The van der Waals surface area contributed by atoms with Gasteiger partial charge in [-0.2, -0.15) is 0 Å². The maximum atomic E-state index is 3.64. The van der Waals surface area contributed by atoms with Crippen molar-refractivity contribution >= 4 is 0 Å². The van der Waals surface area contributed by atoms with E-state index < -0.39 is 0 Å². The van der Waals surface area contributed by atoms with Gasteiger partial charge in [0.15, 0.2) is 0 Å². The molecule has 120 valence electrons. The van der Waals surface area contributed by atoms with Gasteiger partial charge in [-0.25, -0.2) is 18.3 Å². The molecule has 0 atom stereocenters. The standard InChI is InChI=1S/C8H15N2.C7H11N2.BrH.ClH/c1-3-4-5-10-7-6-9(2)8-10;1-3-4-9-6-5-8(2)7-9;;/h6-8H,3-5H2,1-2H3;3,5-7H,1,4H2,2H3;2*1H/q2*+1;;/p-2. The minimum atomic E-state index is 0. The van der Waals surface area contributed by atoms with E-state index in [0.717, 1.165) is 13.1 Å². The van der Waals surface area contributed by atoms with E-state index in [1.807, 2.05) is 43.5 Å². The lowest BCUT2D eigenvalue weighted by molar-refractivity contribution is -0.671. The van der Waals surface area contributed by atoms with Crippen molar-refractivity contribution in [1.82, 2.24) is 9.13 Å². The van der Waals surface area contributed by atoms with Crippen LogP contribution in [0.2, 0.25) is 0 Å². The summed E-state index contributed by atoms with van der Waals surface area (Å²) in [6, 6.07) is 0. The average Bonchev–Trinajstić information content (AvgIpc) is 2.97. The average molecular weight is 378 g/mol. The predicted molar refractivity (Wildman–Crippen MR) is 76.3 cm³/mol. The molecule has 21 heavy (non-hydrogen) atoms. The Labute approximate surface area is 144 Å². The van der Waals surface area contributed by atoms with Crippen molar-refractivity contribution in [2.45, 2.75) is 32.9 Å². The Hall–Kier alpha value is -1.07. The van der Waals surface area contributed by atoms with Crippen molar-refractivity contribution in [1.29, 1.82) is 0 Å². The first-order chi connectivity index (χ1) is 9.15. The summed E-state index contributed by atoms with van der Waals surface area (Å²) >= 11 is 0. The molecule has 2 heterocycles. The van der Waals surface area contributed by atoms with Crippen LogP contribution in [0, 0.1) is 0 Å². The van der Waals surface area contributed by atoms with Crippen LogP contribution in [0.4, 0.5) is 0 Å². The Morgan fingerprint density at radius 2 is 1.57 bits per heavy atom. The molecule has 0 fully saturated rings. The maximum absolute atomic E-state index is 3.64. The van der Waals surface area contributed by atoms with E-state index in [9.17, 15) is 0 Å². The van der Waals surface area contributed by atoms with Crippen LogP contribution in [-0.2, 0) is 27.2 Å². The van der Waals surface area contributed by atoms with E-state index in [1.54, 1.807) is 0 Å². The zero-order valence-electron chi connectivity index (χ0n) is 13.1. The van der Waals surface area contributed by atoms with Crippen molar-refractivity contribution < 1.29 is 38.5 Å². The lowest BCUT2D eigenvalue weighted by Gasteiger charge is -1.90. The van der Waals surface area contributed by atoms with Crippen LogP contribution >= 0.6 is 0 Å². The summed E-state index contributed by atoms with van der Waals surface area (Å²) in [7, 11) is 4.04. The lowest BCUT2D eigenvalue weighted by Crippen LogP contribution is -3.00. The van der Waals surface area contributed by atoms with Crippen LogP contribution < -0.4 is 38.5 Å². The summed E-state index contributed by atoms with van der Waals surface area (Å²) in [5.74, 6) is 0. The highest BCUT2D eigenvalue weighted by Gasteiger charge is 1.96. The summed E-state index contributed by atoms with van der Waals surface area (Å²) in [5, 5.41) is 0. The third-order valence-corrected chi connectivity index (χ3v) is 2.76. The van der Waals surface area contributed by atoms with E-state index in [4.69, 9.17) is 0 Å². The smallest absolute Gasteiger partial charge is 0.243 e. The topological polar surface area (TPSA) is 17.6 Å². The molecule has 0 saturated heterocycles. The second-order valence-corrected chi connectivity index (χ2v) is 4.74. The molecule has 0 N–H and O–H groups in total. The van der Waals surface area contributed by atoms with Gasteiger partial charge in [-0.1, -0.05) is 26.0 Å². The molecule has 0 aliphatic carbocycles. The minimum Gasteiger partial charge on any atom is -1.00 e. The number of hydrogen-bond acceptors (Lipinski definition) is 0. The molecule has 2 aromatic rings. The molecule has 0 bridgehead atoms. The molecular formula is C15H26BrClN4. The third kappa shape index (κ3) is 9.47. The van der Waals surface area contributed by atoms with E-state index in [-0.39, 0.29) is 29.4 Å². The number of halogens is 2. The van der Waals surface area contributed by atoms with E-state index in [2.05, 4.69) is 45.9 Å². The van der Waals surface area contributed by atoms with E-state index in [1.165, 1.54) is 12.8 Å². The van der Waals surface area contributed by atoms with Gasteiger partial charge in [0.2, 0.25) is 12.7 Å². The fraction of sp³-hybridized carbons (Fsp3) is 0.467. The van der Waals surface area contributed by atoms with Gasteiger partial charge in [0.1, 0.15) is 31.3 Å². The first kappa shape index (κ1) is 22.2. The highest BCUT2D eigenvalue weighted by molar-refractivity contribution is 4.73. The largest absolute Gasteiger partial charge is 1.00 e. The number of hydrogen-bond donors (Lipinski definition) is 0. The van der Waals surface area contributed by atoms with Crippen LogP contribution in [0.1, 0.15) is 19.8 Å². The van der Waals surface area contributed by atoms with Gasteiger partial charge >= 0.3 is 0 Å². The molecular weight excluding hydrogens is 352 g/mol. The molecule has 0 spiro atoms. The van der Waals surface area contributed by atoms with Crippen molar-refractivity contribution in [3.05, 3.63) is 50.1 Å².